The highest BCUT2D eigenvalue weighted by Crippen LogP contribution is 2.16. The van der Waals surface area contributed by atoms with Gasteiger partial charge in [-0.05, 0) is 83.5 Å². The van der Waals surface area contributed by atoms with Gasteiger partial charge in [-0.2, -0.15) is 0 Å². The summed E-state index contributed by atoms with van der Waals surface area (Å²) in [6, 6.07) is 0. The first-order chi connectivity index (χ1) is 35.0. The number of esters is 3. The number of rotatable bonds is 55. The fourth-order valence-corrected chi connectivity index (χ4v) is 8.60. The predicted octanol–water partition coefficient (Wildman–Crippen LogP) is 20.5. The molecule has 0 heterocycles. The van der Waals surface area contributed by atoms with Crippen LogP contribution in [0.3, 0.4) is 0 Å². The van der Waals surface area contributed by atoms with Crippen LogP contribution in [0.4, 0.5) is 0 Å². The quantitative estimate of drug-likeness (QED) is 0.0261. The van der Waals surface area contributed by atoms with Gasteiger partial charge in [-0.3, -0.25) is 14.4 Å². The molecule has 6 heteroatoms. The number of allylic oxidation sites excluding steroid dienone is 12. The highest BCUT2D eigenvalue weighted by Gasteiger charge is 2.19. The summed E-state index contributed by atoms with van der Waals surface area (Å²) in [6.07, 6.45) is 76.2. The summed E-state index contributed by atoms with van der Waals surface area (Å²) in [5, 5.41) is 0. The van der Waals surface area contributed by atoms with E-state index in [1.165, 1.54) is 193 Å². The Morgan fingerprint density at radius 3 is 0.915 bits per heavy atom. The molecular formula is C65H114O6. The third-order valence-electron chi connectivity index (χ3n) is 13.2. The molecule has 0 radical (unpaired) electrons. The molecule has 1 atom stereocenters. The normalized spacial score (nSPS) is 12.5. The molecule has 6 nitrogen and oxygen atoms in total. The lowest BCUT2D eigenvalue weighted by Crippen LogP contribution is -2.30. The second-order valence-electron chi connectivity index (χ2n) is 20.3. The van der Waals surface area contributed by atoms with Crippen molar-refractivity contribution in [3.63, 3.8) is 0 Å². The summed E-state index contributed by atoms with van der Waals surface area (Å²) in [4.78, 5) is 38.2. The molecule has 0 spiro atoms. The first-order valence-electron chi connectivity index (χ1n) is 30.4. The lowest BCUT2D eigenvalue weighted by molar-refractivity contribution is -0.166. The van der Waals surface area contributed by atoms with E-state index in [0.717, 1.165) is 64.2 Å². The van der Waals surface area contributed by atoms with E-state index in [1.807, 2.05) is 6.08 Å². The summed E-state index contributed by atoms with van der Waals surface area (Å²) >= 11 is 0. The molecule has 0 aromatic rings. The highest BCUT2D eigenvalue weighted by molar-refractivity contribution is 5.71. The summed E-state index contributed by atoms with van der Waals surface area (Å²) < 4.78 is 16.8. The van der Waals surface area contributed by atoms with Crippen molar-refractivity contribution in [2.24, 2.45) is 0 Å². The highest BCUT2D eigenvalue weighted by atomic mass is 16.6. The van der Waals surface area contributed by atoms with E-state index in [-0.39, 0.29) is 37.5 Å². The Morgan fingerprint density at radius 1 is 0.282 bits per heavy atom. The summed E-state index contributed by atoms with van der Waals surface area (Å²) in [5.74, 6) is -0.971. The molecule has 0 aromatic heterocycles. The second-order valence-corrected chi connectivity index (χ2v) is 20.3. The first kappa shape index (κ1) is 67.8. The molecule has 0 amide bonds. The molecule has 0 aliphatic heterocycles. The third kappa shape index (κ3) is 57.6. The van der Waals surface area contributed by atoms with Gasteiger partial charge in [-0.25, -0.2) is 0 Å². The number of hydrogen-bond donors (Lipinski definition) is 0. The average Bonchev–Trinajstić information content (AvgIpc) is 3.37. The zero-order chi connectivity index (χ0) is 51.4. The molecule has 0 fully saturated rings. The van der Waals surface area contributed by atoms with Crippen molar-refractivity contribution < 1.29 is 28.6 Å². The fraction of sp³-hybridized carbons (Fsp3) is 0.769. The molecule has 0 rings (SSSR count). The molecule has 0 aliphatic carbocycles. The zero-order valence-electron chi connectivity index (χ0n) is 47.0. The van der Waals surface area contributed by atoms with Crippen molar-refractivity contribution in [1.29, 1.82) is 0 Å². The van der Waals surface area contributed by atoms with Crippen molar-refractivity contribution in [1.82, 2.24) is 0 Å². The van der Waals surface area contributed by atoms with Crippen molar-refractivity contribution in [3.8, 4) is 0 Å². The Bertz CT molecular complexity index is 1320. The van der Waals surface area contributed by atoms with Crippen LogP contribution in [0.5, 0.6) is 0 Å². The minimum absolute atomic E-state index is 0.0956. The average molecular weight is 992 g/mol. The smallest absolute Gasteiger partial charge is 0.306 e. The Hall–Kier alpha value is -3.15. The summed E-state index contributed by atoms with van der Waals surface area (Å²) in [7, 11) is 0. The summed E-state index contributed by atoms with van der Waals surface area (Å²) in [6.45, 7) is 6.57. The van der Waals surface area contributed by atoms with Crippen molar-refractivity contribution in [2.45, 2.75) is 309 Å². The Labute approximate surface area is 440 Å². The van der Waals surface area contributed by atoms with Gasteiger partial charge in [0.2, 0.25) is 0 Å². The van der Waals surface area contributed by atoms with Crippen LogP contribution in [-0.4, -0.2) is 37.2 Å². The van der Waals surface area contributed by atoms with E-state index in [1.54, 1.807) is 0 Å². The van der Waals surface area contributed by atoms with Gasteiger partial charge >= 0.3 is 17.9 Å². The Morgan fingerprint density at radius 2 is 0.535 bits per heavy atom. The van der Waals surface area contributed by atoms with Gasteiger partial charge in [0.15, 0.2) is 6.10 Å². The Balaban J connectivity index is 4.43. The lowest BCUT2D eigenvalue weighted by atomic mass is 10.0. The van der Waals surface area contributed by atoms with Gasteiger partial charge in [0.25, 0.3) is 0 Å². The molecule has 0 saturated heterocycles. The maximum Gasteiger partial charge on any atom is 0.306 e. The van der Waals surface area contributed by atoms with E-state index in [0.29, 0.717) is 19.3 Å². The largest absolute Gasteiger partial charge is 0.462 e. The molecule has 0 saturated carbocycles. The number of ether oxygens (including phenoxy) is 3. The minimum Gasteiger partial charge on any atom is -0.462 e. The lowest BCUT2D eigenvalue weighted by Gasteiger charge is -2.18. The van der Waals surface area contributed by atoms with Crippen molar-refractivity contribution >= 4 is 17.9 Å². The maximum absolute atomic E-state index is 12.9. The van der Waals surface area contributed by atoms with Gasteiger partial charge < -0.3 is 14.2 Å². The van der Waals surface area contributed by atoms with E-state index < -0.39 is 6.10 Å². The predicted molar refractivity (Wildman–Crippen MR) is 307 cm³/mol. The second kappa shape index (κ2) is 59.4. The monoisotopic (exact) mass is 991 g/mol. The number of unbranched alkanes of at least 4 members (excludes halogenated alkanes) is 32. The van der Waals surface area contributed by atoms with E-state index in [4.69, 9.17) is 14.2 Å². The van der Waals surface area contributed by atoms with Crippen LogP contribution in [0.15, 0.2) is 72.9 Å². The fourth-order valence-electron chi connectivity index (χ4n) is 8.60. The Kier molecular flexibility index (Phi) is 56.8. The van der Waals surface area contributed by atoms with E-state index >= 15 is 0 Å². The molecule has 0 aromatic carbocycles. The summed E-state index contributed by atoms with van der Waals surface area (Å²) in [5.41, 5.74) is 0. The maximum atomic E-state index is 12.9. The number of hydrogen-bond acceptors (Lipinski definition) is 6. The van der Waals surface area contributed by atoms with Gasteiger partial charge in [0.1, 0.15) is 13.2 Å². The molecule has 0 unspecified atom stereocenters. The molecular weight excluding hydrogens is 877 g/mol. The molecule has 0 aliphatic rings. The zero-order valence-corrected chi connectivity index (χ0v) is 47.0. The molecule has 0 bridgehead atoms. The standard InChI is InChI=1S/C65H114O6/c1-4-7-10-13-16-19-22-25-27-29-31-32-34-36-38-41-44-47-50-53-56-59-65(68)71-62(60-69-63(66)57-54-51-48-45-42-39-24-21-18-15-12-9-6-3)61-70-64(67)58-55-52-49-46-43-40-37-35-33-30-28-26-23-20-17-14-11-8-5-2/h17,20,25-28,33,35,40,43,49,52,62H,4-16,18-19,21-24,29-32,34,36-39,41-42,44-48,50-51,53-61H2,1-3H3/b20-17-,27-25-,28-26-,35-33-,43-40-,52-49-/t62-/m0/s1. The van der Waals surface area contributed by atoms with Crippen LogP contribution in [-0.2, 0) is 28.6 Å². The van der Waals surface area contributed by atoms with Crippen LogP contribution in [0.1, 0.15) is 303 Å². The van der Waals surface area contributed by atoms with Crippen LogP contribution in [0.2, 0.25) is 0 Å². The topological polar surface area (TPSA) is 78.9 Å². The van der Waals surface area contributed by atoms with Crippen LogP contribution in [0, 0.1) is 0 Å². The third-order valence-corrected chi connectivity index (χ3v) is 13.2. The minimum atomic E-state index is -0.804. The van der Waals surface area contributed by atoms with Crippen molar-refractivity contribution in [2.75, 3.05) is 13.2 Å². The SMILES string of the molecule is CCCCC/C=C\C/C=C\C/C=C\C/C=C\C/C=C\CCC(=O)OC[C@H](COC(=O)CCCCCCCCCCCCCCC)OC(=O)CCCCCCCCCCCCC/C=C\CCCCCCCC. The number of carbonyl (C=O) groups is 3. The van der Waals surface area contributed by atoms with Gasteiger partial charge in [0.05, 0.1) is 0 Å². The number of carbonyl (C=O) groups excluding carboxylic acids is 3. The molecule has 0 N–H and O–H groups in total. The molecule has 71 heavy (non-hydrogen) atoms. The van der Waals surface area contributed by atoms with Gasteiger partial charge in [-0.1, -0.05) is 273 Å². The van der Waals surface area contributed by atoms with Gasteiger partial charge in [-0.15, -0.1) is 0 Å². The van der Waals surface area contributed by atoms with Crippen LogP contribution in [0.25, 0.3) is 0 Å². The first-order valence-corrected chi connectivity index (χ1v) is 30.4. The van der Waals surface area contributed by atoms with Gasteiger partial charge in [0, 0.05) is 19.3 Å². The van der Waals surface area contributed by atoms with Crippen molar-refractivity contribution in [3.05, 3.63) is 72.9 Å². The van der Waals surface area contributed by atoms with Crippen LogP contribution >= 0.6 is 0 Å². The van der Waals surface area contributed by atoms with E-state index in [2.05, 4.69) is 87.6 Å². The molecule has 410 valence electrons. The van der Waals surface area contributed by atoms with Crippen LogP contribution < -0.4 is 0 Å². The van der Waals surface area contributed by atoms with E-state index in [9.17, 15) is 14.4 Å².